The van der Waals surface area contributed by atoms with Crippen molar-refractivity contribution in [2.24, 2.45) is 0 Å². The summed E-state index contributed by atoms with van der Waals surface area (Å²) in [5.74, 6) is 0. The minimum Gasteiger partial charge on any atom is -0.387 e. The Balaban J connectivity index is 1.73. The predicted octanol–water partition coefficient (Wildman–Crippen LogP) is 1.69. The monoisotopic (exact) mass is 274 g/mol. The number of nitrogens with one attached hydrogen (secondary N) is 1. The van der Waals surface area contributed by atoms with Crippen LogP contribution in [-0.2, 0) is 6.54 Å². The molecule has 1 aromatic heterocycles. The van der Waals surface area contributed by atoms with E-state index in [1.165, 1.54) is 5.56 Å². The van der Waals surface area contributed by atoms with E-state index < -0.39 is 6.10 Å². The molecule has 0 fully saturated rings. The first kappa shape index (κ1) is 14.7. The number of aryl methyl sites for hydroxylation is 2. The van der Waals surface area contributed by atoms with E-state index in [0.29, 0.717) is 12.6 Å². The van der Waals surface area contributed by atoms with Crippen molar-refractivity contribution in [3.8, 4) is 0 Å². The van der Waals surface area contributed by atoms with Crippen molar-refractivity contribution in [3.63, 3.8) is 0 Å². The van der Waals surface area contributed by atoms with Gasteiger partial charge in [0, 0.05) is 19.1 Å². The van der Waals surface area contributed by atoms with Crippen LogP contribution in [0.4, 0.5) is 0 Å². The normalized spacial score (nSPS) is 14.2. The third-order valence-electron chi connectivity index (χ3n) is 3.34. The lowest BCUT2D eigenvalue weighted by Gasteiger charge is -2.17. The third-order valence-corrected chi connectivity index (χ3v) is 3.34. The number of hydrogen-bond donors (Lipinski definition) is 2. The molecular formula is C15H22N4O. The van der Waals surface area contributed by atoms with Crippen LogP contribution in [0.1, 0.15) is 30.6 Å². The Kier molecular flexibility index (Phi) is 5.26. The van der Waals surface area contributed by atoms with Crippen molar-refractivity contribution >= 4 is 0 Å². The molecule has 0 spiro atoms. The lowest BCUT2D eigenvalue weighted by Crippen LogP contribution is -2.31. The van der Waals surface area contributed by atoms with Crippen LogP contribution >= 0.6 is 0 Å². The van der Waals surface area contributed by atoms with Gasteiger partial charge in [-0.1, -0.05) is 29.8 Å². The van der Waals surface area contributed by atoms with E-state index in [-0.39, 0.29) is 0 Å². The highest BCUT2D eigenvalue weighted by atomic mass is 16.3. The van der Waals surface area contributed by atoms with Crippen LogP contribution in [-0.4, -0.2) is 32.5 Å². The second-order valence-electron chi connectivity index (χ2n) is 5.19. The molecular weight excluding hydrogens is 252 g/mol. The third kappa shape index (κ3) is 4.43. The number of benzene rings is 1. The van der Waals surface area contributed by atoms with Crippen molar-refractivity contribution in [1.82, 2.24) is 20.1 Å². The molecule has 0 aliphatic heterocycles. The van der Waals surface area contributed by atoms with E-state index in [4.69, 9.17) is 0 Å². The molecule has 0 radical (unpaired) electrons. The van der Waals surface area contributed by atoms with Gasteiger partial charge in [-0.2, -0.15) is 5.10 Å². The van der Waals surface area contributed by atoms with Crippen LogP contribution in [0.5, 0.6) is 0 Å². The van der Waals surface area contributed by atoms with Crippen molar-refractivity contribution < 1.29 is 5.11 Å². The fourth-order valence-corrected chi connectivity index (χ4v) is 2.08. The van der Waals surface area contributed by atoms with Gasteiger partial charge in [0.05, 0.1) is 6.10 Å². The van der Waals surface area contributed by atoms with E-state index in [1.54, 1.807) is 12.7 Å². The summed E-state index contributed by atoms with van der Waals surface area (Å²) >= 11 is 0. The SMILES string of the molecule is Cc1cccc(C(O)CNC(C)CCn2cncn2)c1. The minimum absolute atomic E-state index is 0.318. The van der Waals surface area contributed by atoms with Crippen LogP contribution in [0.25, 0.3) is 0 Å². The second-order valence-corrected chi connectivity index (χ2v) is 5.19. The molecule has 0 aliphatic carbocycles. The van der Waals surface area contributed by atoms with Crippen molar-refractivity contribution in [1.29, 1.82) is 0 Å². The molecule has 2 aromatic rings. The van der Waals surface area contributed by atoms with Gasteiger partial charge in [0.2, 0.25) is 0 Å². The van der Waals surface area contributed by atoms with Crippen LogP contribution < -0.4 is 5.32 Å². The first-order chi connectivity index (χ1) is 9.65. The summed E-state index contributed by atoms with van der Waals surface area (Å²) in [4.78, 5) is 3.91. The maximum absolute atomic E-state index is 10.2. The zero-order valence-corrected chi connectivity index (χ0v) is 12.0. The summed E-state index contributed by atoms with van der Waals surface area (Å²) in [5.41, 5.74) is 2.13. The van der Waals surface area contributed by atoms with Gasteiger partial charge in [0.25, 0.3) is 0 Å². The molecule has 2 N–H and O–H groups in total. The zero-order valence-electron chi connectivity index (χ0n) is 12.0. The number of aliphatic hydroxyl groups excluding tert-OH is 1. The maximum Gasteiger partial charge on any atom is 0.137 e. The van der Waals surface area contributed by atoms with Gasteiger partial charge >= 0.3 is 0 Å². The maximum atomic E-state index is 10.2. The van der Waals surface area contributed by atoms with Gasteiger partial charge in [0.15, 0.2) is 0 Å². The van der Waals surface area contributed by atoms with E-state index in [2.05, 4.69) is 22.3 Å². The van der Waals surface area contributed by atoms with E-state index >= 15 is 0 Å². The van der Waals surface area contributed by atoms with Gasteiger partial charge in [-0.15, -0.1) is 0 Å². The highest BCUT2D eigenvalue weighted by molar-refractivity contribution is 5.24. The average molecular weight is 274 g/mol. The lowest BCUT2D eigenvalue weighted by molar-refractivity contribution is 0.169. The number of rotatable bonds is 7. The summed E-state index contributed by atoms with van der Waals surface area (Å²) in [6, 6.07) is 8.30. The standard InChI is InChI=1S/C15H22N4O/c1-12-4-3-5-14(8-12)15(20)9-17-13(2)6-7-19-11-16-10-18-19/h3-5,8,10-11,13,15,17,20H,6-7,9H2,1-2H3. The first-order valence-electron chi connectivity index (χ1n) is 6.95. The summed E-state index contributed by atoms with van der Waals surface area (Å²) in [6.45, 7) is 5.53. The van der Waals surface area contributed by atoms with Crippen molar-refractivity contribution in [2.45, 2.75) is 39.0 Å². The molecule has 20 heavy (non-hydrogen) atoms. The van der Waals surface area contributed by atoms with Crippen LogP contribution in [0.3, 0.4) is 0 Å². The fraction of sp³-hybridized carbons (Fsp3) is 0.467. The van der Waals surface area contributed by atoms with E-state index in [9.17, 15) is 5.11 Å². The Bertz CT molecular complexity index is 512. The molecule has 0 amide bonds. The number of aliphatic hydroxyl groups is 1. The predicted molar refractivity (Wildman–Crippen MR) is 78.2 cm³/mol. The Morgan fingerprint density at radius 2 is 2.25 bits per heavy atom. The summed E-state index contributed by atoms with van der Waals surface area (Å²) < 4.78 is 1.81. The van der Waals surface area contributed by atoms with Gasteiger partial charge in [0.1, 0.15) is 12.7 Å². The molecule has 2 atom stereocenters. The quantitative estimate of drug-likeness (QED) is 0.806. The highest BCUT2D eigenvalue weighted by Crippen LogP contribution is 2.13. The number of aromatic nitrogens is 3. The lowest BCUT2D eigenvalue weighted by atomic mass is 10.1. The van der Waals surface area contributed by atoms with E-state index in [0.717, 1.165) is 18.5 Å². The molecule has 0 saturated heterocycles. The largest absolute Gasteiger partial charge is 0.387 e. The number of hydrogen-bond acceptors (Lipinski definition) is 4. The van der Waals surface area contributed by atoms with Crippen molar-refractivity contribution in [3.05, 3.63) is 48.0 Å². The average Bonchev–Trinajstić information content (AvgIpc) is 2.95. The molecule has 2 unspecified atom stereocenters. The molecule has 108 valence electrons. The van der Waals surface area contributed by atoms with Crippen LogP contribution in [0, 0.1) is 6.92 Å². The fourth-order valence-electron chi connectivity index (χ4n) is 2.08. The molecule has 0 aliphatic rings. The van der Waals surface area contributed by atoms with Crippen LogP contribution in [0.15, 0.2) is 36.9 Å². The smallest absolute Gasteiger partial charge is 0.137 e. The van der Waals surface area contributed by atoms with Gasteiger partial charge in [-0.05, 0) is 25.8 Å². The molecule has 5 heteroatoms. The molecule has 0 bridgehead atoms. The Hall–Kier alpha value is -1.72. The topological polar surface area (TPSA) is 63.0 Å². The molecule has 2 rings (SSSR count). The van der Waals surface area contributed by atoms with Gasteiger partial charge in [-0.3, -0.25) is 4.68 Å². The van der Waals surface area contributed by atoms with Gasteiger partial charge < -0.3 is 10.4 Å². The first-order valence-corrected chi connectivity index (χ1v) is 6.95. The molecule has 1 aromatic carbocycles. The number of nitrogens with zero attached hydrogens (tertiary/aromatic N) is 3. The molecule has 5 nitrogen and oxygen atoms in total. The van der Waals surface area contributed by atoms with Crippen molar-refractivity contribution in [2.75, 3.05) is 6.54 Å². The minimum atomic E-state index is -0.469. The Morgan fingerprint density at radius 3 is 2.95 bits per heavy atom. The summed E-state index contributed by atoms with van der Waals surface area (Å²) in [7, 11) is 0. The summed E-state index contributed by atoms with van der Waals surface area (Å²) in [5, 5.41) is 17.6. The summed E-state index contributed by atoms with van der Waals surface area (Å²) in [6.07, 6.45) is 3.74. The zero-order chi connectivity index (χ0) is 14.4. The van der Waals surface area contributed by atoms with Gasteiger partial charge in [-0.25, -0.2) is 4.98 Å². The molecule has 1 heterocycles. The molecule has 0 saturated carbocycles. The Morgan fingerprint density at radius 1 is 1.40 bits per heavy atom. The second kappa shape index (κ2) is 7.17. The van der Waals surface area contributed by atoms with E-state index in [1.807, 2.05) is 35.9 Å². The highest BCUT2D eigenvalue weighted by Gasteiger charge is 2.09. The van der Waals surface area contributed by atoms with Crippen LogP contribution in [0.2, 0.25) is 0 Å². The Labute approximate surface area is 119 Å².